The molecule has 3 aromatic rings. The molecule has 0 radical (unpaired) electrons. The van der Waals surface area contributed by atoms with Gasteiger partial charge in [-0.1, -0.05) is 12.1 Å². The molecule has 0 saturated carbocycles. The van der Waals surface area contributed by atoms with Crippen molar-refractivity contribution in [3.05, 3.63) is 60.9 Å². The molecule has 5 heteroatoms. The number of amides is 1. The van der Waals surface area contributed by atoms with Crippen molar-refractivity contribution in [3.8, 4) is 5.75 Å². The maximum atomic E-state index is 12.2. The van der Waals surface area contributed by atoms with Crippen molar-refractivity contribution in [1.29, 1.82) is 0 Å². The first-order chi connectivity index (χ1) is 12.1. The Bertz CT molecular complexity index is 877. The summed E-state index contributed by atoms with van der Waals surface area (Å²) in [6.45, 7) is 4.14. The van der Waals surface area contributed by atoms with Crippen molar-refractivity contribution in [2.75, 3.05) is 17.2 Å². The Labute approximate surface area is 147 Å². The van der Waals surface area contributed by atoms with Crippen LogP contribution in [0.1, 0.15) is 13.8 Å². The third kappa shape index (κ3) is 4.70. The molecule has 2 aromatic carbocycles. The molecule has 0 aliphatic heterocycles. The number of fused-ring (bicyclic) bond motifs is 1. The normalized spacial score (nSPS) is 10.7. The Morgan fingerprint density at radius 3 is 2.80 bits per heavy atom. The monoisotopic (exact) mass is 335 g/mol. The van der Waals surface area contributed by atoms with Crippen molar-refractivity contribution in [1.82, 2.24) is 4.98 Å². The van der Waals surface area contributed by atoms with Gasteiger partial charge in [-0.2, -0.15) is 0 Å². The molecule has 0 spiro atoms. The fourth-order valence-corrected chi connectivity index (χ4v) is 2.50. The molecular formula is C20H21N3O2. The van der Waals surface area contributed by atoms with E-state index in [1.807, 2.05) is 62.4 Å². The zero-order valence-electron chi connectivity index (χ0n) is 14.3. The van der Waals surface area contributed by atoms with Crippen LogP contribution in [0.4, 0.5) is 11.4 Å². The molecule has 0 fully saturated rings. The first-order valence-electron chi connectivity index (χ1n) is 8.24. The molecule has 0 bridgehead atoms. The second-order valence-corrected chi connectivity index (χ2v) is 6.03. The third-order valence-corrected chi connectivity index (χ3v) is 3.58. The molecule has 128 valence electrons. The Hall–Kier alpha value is -3.08. The maximum Gasteiger partial charge on any atom is 0.243 e. The van der Waals surface area contributed by atoms with Crippen molar-refractivity contribution < 1.29 is 9.53 Å². The molecule has 1 heterocycles. The Kier molecular flexibility index (Phi) is 5.14. The van der Waals surface area contributed by atoms with Gasteiger partial charge in [0.05, 0.1) is 12.6 Å². The summed E-state index contributed by atoms with van der Waals surface area (Å²) in [6, 6.07) is 15.3. The highest BCUT2D eigenvalue weighted by Crippen LogP contribution is 2.19. The minimum absolute atomic E-state index is 0.108. The molecule has 1 aromatic heterocycles. The highest BCUT2D eigenvalue weighted by molar-refractivity contribution is 5.96. The Morgan fingerprint density at radius 2 is 1.96 bits per heavy atom. The predicted octanol–water partition coefficient (Wildman–Crippen LogP) is 4.07. The summed E-state index contributed by atoms with van der Waals surface area (Å²) >= 11 is 0. The van der Waals surface area contributed by atoms with Gasteiger partial charge < -0.3 is 15.4 Å². The number of carbonyl (C=O) groups is 1. The van der Waals surface area contributed by atoms with E-state index in [1.54, 1.807) is 12.4 Å². The lowest BCUT2D eigenvalue weighted by Crippen LogP contribution is -2.21. The molecule has 0 saturated heterocycles. The van der Waals surface area contributed by atoms with Gasteiger partial charge in [0.25, 0.3) is 0 Å². The van der Waals surface area contributed by atoms with Gasteiger partial charge in [-0.25, -0.2) is 0 Å². The van der Waals surface area contributed by atoms with Crippen LogP contribution in [-0.4, -0.2) is 23.5 Å². The summed E-state index contributed by atoms with van der Waals surface area (Å²) in [6.07, 6.45) is 3.65. The van der Waals surface area contributed by atoms with E-state index in [2.05, 4.69) is 15.6 Å². The lowest BCUT2D eigenvalue weighted by Gasteiger charge is -2.12. The minimum atomic E-state index is -0.108. The van der Waals surface area contributed by atoms with Crippen molar-refractivity contribution in [3.63, 3.8) is 0 Å². The molecule has 0 unspecified atom stereocenters. The third-order valence-electron chi connectivity index (χ3n) is 3.58. The van der Waals surface area contributed by atoms with Crippen molar-refractivity contribution >= 4 is 28.1 Å². The zero-order chi connectivity index (χ0) is 17.6. The number of nitrogens with one attached hydrogen (secondary N) is 2. The van der Waals surface area contributed by atoms with Crippen LogP contribution in [0.2, 0.25) is 0 Å². The molecule has 3 rings (SSSR count). The van der Waals surface area contributed by atoms with E-state index in [4.69, 9.17) is 4.74 Å². The van der Waals surface area contributed by atoms with E-state index < -0.39 is 0 Å². The number of carbonyl (C=O) groups excluding carboxylic acids is 1. The van der Waals surface area contributed by atoms with Gasteiger partial charge in [-0.15, -0.1) is 0 Å². The summed E-state index contributed by atoms with van der Waals surface area (Å²) in [4.78, 5) is 16.3. The number of nitrogens with zero attached hydrogens (tertiary/aromatic N) is 1. The molecule has 25 heavy (non-hydrogen) atoms. The van der Waals surface area contributed by atoms with Crippen LogP contribution in [0.25, 0.3) is 10.8 Å². The van der Waals surface area contributed by atoms with E-state index >= 15 is 0 Å². The maximum absolute atomic E-state index is 12.2. The fraction of sp³-hybridized carbons (Fsp3) is 0.200. The number of aromatic nitrogens is 1. The molecule has 5 nitrogen and oxygen atoms in total. The van der Waals surface area contributed by atoms with Gasteiger partial charge in [-0.3, -0.25) is 9.78 Å². The molecule has 1 amide bonds. The number of rotatable bonds is 6. The van der Waals surface area contributed by atoms with Gasteiger partial charge in [-0.05, 0) is 49.6 Å². The molecule has 2 N–H and O–H groups in total. The molecular weight excluding hydrogens is 314 g/mol. The number of pyridine rings is 1. The van der Waals surface area contributed by atoms with Gasteiger partial charge in [0, 0.05) is 35.2 Å². The van der Waals surface area contributed by atoms with Crippen molar-refractivity contribution in [2.24, 2.45) is 0 Å². The topological polar surface area (TPSA) is 63.2 Å². The number of benzene rings is 2. The number of anilines is 2. The molecule has 0 aliphatic rings. The Morgan fingerprint density at radius 1 is 1.08 bits per heavy atom. The largest absolute Gasteiger partial charge is 0.491 e. The van der Waals surface area contributed by atoms with Gasteiger partial charge in [0.2, 0.25) is 5.91 Å². The average Bonchev–Trinajstić information content (AvgIpc) is 2.60. The van der Waals surface area contributed by atoms with Crippen LogP contribution in [0.15, 0.2) is 60.9 Å². The van der Waals surface area contributed by atoms with Gasteiger partial charge in [0.1, 0.15) is 5.75 Å². The Balaban J connectivity index is 1.58. The SMILES string of the molecule is CC(C)Oc1cccc(NCC(=O)Nc2ccc3cnccc3c2)c1. The highest BCUT2D eigenvalue weighted by atomic mass is 16.5. The highest BCUT2D eigenvalue weighted by Gasteiger charge is 2.05. The van der Waals surface area contributed by atoms with Crippen LogP contribution in [-0.2, 0) is 4.79 Å². The van der Waals surface area contributed by atoms with Gasteiger partial charge >= 0.3 is 0 Å². The predicted molar refractivity (Wildman–Crippen MR) is 101 cm³/mol. The minimum Gasteiger partial charge on any atom is -0.491 e. The number of hydrogen-bond acceptors (Lipinski definition) is 4. The summed E-state index contributed by atoms with van der Waals surface area (Å²) in [5.41, 5.74) is 1.61. The van der Waals surface area contributed by atoms with Gasteiger partial charge in [0.15, 0.2) is 0 Å². The molecule has 0 aliphatic carbocycles. The summed E-state index contributed by atoms with van der Waals surface area (Å²) in [7, 11) is 0. The smallest absolute Gasteiger partial charge is 0.243 e. The summed E-state index contributed by atoms with van der Waals surface area (Å²) < 4.78 is 5.65. The van der Waals surface area contributed by atoms with E-state index in [0.29, 0.717) is 0 Å². The van der Waals surface area contributed by atoms with Crippen molar-refractivity contribution in [2.45, 2.75) is 20.0 Å². The van der Waals surface area contributed by atoms with Crippen LogP contribution < -0.4 is 15.4 Å². The number of ether oxygens (including phenoxy) is 1. The summed E-state index contributed by atoms with van der Waals surface area (Å²) in [5, 5.41) is 8.09. The number of hydrogen-bond donors (Lipinski definition) is 2. The van der Waals surface area contributed by atoms with Crippen LogP contribution in [0.3, 0.4) is 0 Å². The first kappa shape index (κ1) is 16.8. The van der Waals surface area contributed by atoms with E-state index in [-0.39, 0.29) is 18.6 Å². The molecule has 0 atom stereocenters. The lowest BCUT2D eigenvalue weighted by atomic mass is 10.1. The second kappa shape index (κ2) is 7.66. The van der Waals surface area contributed by atoms with Crippen LogP contribution in [0, 0.1) is 0 Å². The van der Waals surface area contributed by atoms with E-state index in [9.17, 15) is 4.79 Å². The zero-order valence-corrected chi connectivity index (χ0v) is 14.3. The second-order valence-electron chi connectivity index (χ2n) is 6.03. The lowest BCUT2D eigenvalue weighted by molar-refractivity contribution is -0.114. The van der Waals surface area contributed by atoms with E-state index in [0.717, 1.165) is 27.9 Å². The van der Waals surface area contributed by atoms with Crippen LogP contribution in [0.5, 0.6) is 5.75 Å². The van der Waals surface area contributed by atoms with E-state index in [1.165, 1.54) is 0 Å². The fourth-order valence-electron chi connectivity index (χ4n) is 2.50. The summed E-state index contributed by atoms with van der Waals surface area (Å²) in [5.74, 6) is 0.673. The quantitative estimate of drug-likeness (QED) is 0.713. The van der Waals surface area contributed by atoms with Crippen LogP contribution >= 0.6 is 0 Å². The average molecular weight is 335 g/mol. The standard InChI is InChI=1S/C20H21N3O2/c1-14(2)25-19-5-3-4-17(11-19)22-13-20(24)23-18-7-6-16-12-21-9-8-15(16)10-18/h3-12,14,22H,13H2,1-2H3,(H,23,24). The first-order valence-corrected chi connectivity index (χ1v) is 8.24.